The second-order valence-corrected chi connectivity index (χ2v) is 6.80. The molecule has 0 bridgehead atoms. The monoisotopic (exact) mass is 363 g/mol. The summed E-state index contributed by atoms with van der Waals surface area (Å²) in [6.07, 6.45) is 9.11. The number of piperidine rings is 1. The van der Waals surface area contributed by atoms with Gasteiger partial charge in [-0.15, -0.1) is 0 Å². The van der Waals surface area contributed by atoms with Crippen LogP contribution in [0.2, 0.25) is 0 Å². The lowest BCUT2D eigenvalue weighted by Gasteiger charge is -2.32. The zero-order valence-electron chi connectivity index (χ0n) is 14.9. The van der Waals surface area contributed by atoms with E-state index in [0.717, 1.165) is 42.9 Å². The highest BCUT2D eigenvalue weighted by Gasteiger charge is 2.24. The number of nitrogens with one attached hydrogen (secondary N) is 1. The number of likely N-dealkylation sites (tertiary alicyclic amines) is 1. The van der Waals surface area contributed by atoms with E-state index in [9.17, 15) is 9.90 Å². The average Bonchev–Trinajstić information content (AvgIpc) is 3.23. The van der Waals surface area contributed by atoms with Crippen molar-refractivity contribution in [3.63, 3.8) is 0 Å². The summed E-state index contributed by atoms with van der Waals surface area (Å²) in [5.74, 6) is 0.113. The van der Waals surface area contributed by atoms with Crippen LogP contribution in [0.4, 0.5) is 0 Å². The average molecular weight is 363 g/mol. The number of aromatic amines is 1. The van der Waals surface area contributed by atoms with Gasteiger partial charge in [0.2, 0.25) is 0 Å². The van der Waals surface area contributed by atoms with E-state index in [0.29, 0.717) is 17.9 Å². The third-order valence-electron chi connectivity index (χ3n) is 4.96. The number of H-pyrrole nitrogens is 1. The fraction of sp³-hybridized carbons (Fsp3) is 0.300. The molecule has 7 heteroatoms. The van der Waals surface area contributed by atoms with Crippen molar-refractivity contribution in [2.24, 2.45) is 0 Å². The molecule has 7 nitrogen and oxygen atoms in total. The molecule has 0 amide bonds. The third kappa shape index (κ3) is 3.88. The van der Waals surface area contributed by atoms with Gasteiger partial charge in [0, 0.05) is 37.6 Å². The van der Waals surface area contributed by atoms with Crippen molar-refractivity contribution in [1.29, 1.82) is 0 Å². The van der Waals surface area contributed by atoms with Crippen LogP contribution in [-0.4, -0.2) is 49.0 Å². The van der Waals surface area contributed by atoms with Gasteiger partial charge in [0.25, 0.3) is 0 Å². The Hall–Kier alpha value is -3.06. The van der Waals surface area contributed by atoms with Crippen LogP contribution in [-0.2, 0) is 6.54 Å². The molecule has 0 saturated carbocycles. The van der Waals surface area contributed by atoms with Crippen molar-refractivity contribution in [2.45, 2.75) is 25.3 Å². The number of carboxylic acids is 1. The quantitative estimate of drug-likeness (QED) is 0.724. The van der Waals surface area contributed by atoms with Gasteiger partial charge in [-0.3, -0.25) is 9.88 Å². The second-order valence-electron chi connectivity index (χ2n) is 6.80. The zero-order chi connectivity index (χ0) is 18.6. The fourth-order valence-electron chi connectivity index (χ4n) is 3.65. The highest BCUT2D eigenvalue weighted by atomic mass is 16.4. The molecule has 27 heavy (non-hydrogen) atoms. The molecule has 1 fully saturated rings. The van der Waals surface area contributed by atoms with Gasteiger partial charge in [-0.2, -0.15) is 0 Å². The molecule has 0 radical (unpaired) electrons. The number of aromatic nitrogens is 4. The maximum atomic E-state index is 11.5. The molecule has 2 N–H and O–H groups in total. The van der Waals surface area contributed by atoms with Crippen molar-refractivity contribution in [3.05, 3.63) is 65.9 Å². The molecule has 0 aliphatic carbocycles. The van der Waals surface area contributed by atoms with E-state index in [2.05, 4.69) is 19.9 Å². The standard InChI is InChI=1S/C20H21N5O2/c26-20(27)16-6-2-1-4-14(16)12-25-9-3-5-15(13-25)17-10-21-11-18(24-17)19-22-7-8-23-19/h1-2,4,6-8,10-11,15H,3,5,9,12-13H2,(H,22,23)(H,26,27). The Morgan fingerprint density at radius 2 is 2.19 bits per heavy atom. The number of carbonyl (C=O) groups is 1. The maximum Gasteiger partial charge on any atom is 0.336 e. The van der Waals surface area contributed by atoms with Gasteiger partial charge in [0.15, 0.2) is 5.82 Å². The predicted octanol–water partition coefficient (Wildman–Crippen LogP) is 2.94. The Bertz CT molecular complexity index is 926. The van der Waals surface area contributed by atoms with Crippen LogP contribution < -0.4 is 0 Å². The molecule has 4 rings (SSSR count). The lowest BCUT2D eigenvalue weighted by atomic mass is 9.94. The number of hydrogen-bond acceptors (Lipinski definition) is 5. The molecule has 1 aliphatic heterocycles. The highest BCUT2D eigenvalue weighted by molar-refractivity contribution is 5.89. The summed E-state index contributed by atoms with van der Waals surface area (Å²) in [4.78, 5) is 30.2. The molecule has 1 aliphatic rings. The lowest BCUT2D eigenvalue weighted by Crippen LogP contribution is -2.34. The molecule has 1 aromatic carbocycles. The number of imidazole rings is 1. The van der Waals surface area contributed by atoms with E-state index < -0.39 is 5.97 Å². The summed E-state index contributed by atoms with van der Waals surface area (Å²) < 4.78 is 0. The first-order valence-corrected chi connectivity index (χ1v) is 9.06. The highest BCUT2D eigenvalue weighted by Crippen LogP contribution is 2.27. The van der Waals surface area contributed by atoms with Crippen molar-refractivity contribution in [1.82, 2.24) is 24.8 Å². The van der Waals surface area contributed by atoms with Crippen LogP contribution in [0.1, 0.15) is 40.4 Å². The van der Waals surface area contributed by atoms with Crippen molar-refractivity contribution < 1.29 is 9.90 Å². The normalized spacial score (nSPS) is 17.7. The molecule has 138 valence electrons. The summed E-state index contributed by atoms with van der Waals surface area (Å²) >= 11 is 0. The van der Waals surface area contributed by atoms with E-state index in [1.807, 2.05) is 18.3 Å². The molecule has 1 unspecified atom stereocenters. The van der Waals surface area contributed by atoms with Crippen molar-refractivity contribution in [2.75, 3.05) is 13.1 Å². The first-order chi connectivity index (χ1) is 13.2. The van der Waals surface area contributed by atoms with E-state index >= 15 is 0 Å². The number of rotatable bonds is 5. The third-order valence-corrected chi connectivity index (χ3v) is 4.96. The Balaban J connectivity index is 1.51. The minimum atomic E-state index is -0.879. The van der Waals surface area contributed by atoms with Gasteiger partial charge in [0.05, 0.1) is 17.5 Å². The van der Waals surface area contributed by atoms with Crippen LogP contribution >= 0.6 is 0 Å². The molecular weight excluding hydrogens is 342 g/mol. The Kier molecular flexibility index (Phi) is 4.93. The predicted molar refractivity (Wildman–Crippen MR) is 100 cm³/mol. The number of hydrogen-bond donors (Lipinski definition) is 2. The van der Waals surface area contributed by atoms with E-state index in [1.54, 1.807) is 30.7 Å². The summed E-state index contributed by atoms with van der Waals surface area (Å²) in [5.41, 5.74) is 2.92. The van der Waals surface area contributed by atoms with Gasteiger partial charge in [-0.1, -0.05) is 18.2 Å². The molecule has 3 heterocycles. The summed E-state index contributed by atoms with van der Waals surface area (Å²) in [7, 11) is 0. The Morgan fingerprint density at radius 1 is 1.30 bits per heavy atom. The van der Waals surface area contributed by atoms with Crippen LogP contribution in [0.15, 0.2) is 49.1 Å². The fourth-order valence-corrected chi connectivity index (χ4v) is 3.65. The van der Waals surface area contributed by atoms with Crippen LogP contribution in [0.25, 0.3) is 11.5 Å². The molecular formula is C20H21N5O2. The van der Waals surface area contributed by atoms with E-state index in [4.69, 9.17) is 4.98 Å². The van der Waals surface area contributed by atoms with Gasteiger partial charge in [0.1, 0.15) is 5.69 Å². The maximum absolute atomic E-state index is 11.5. The lowest BCUT2D eigenvalue weighted by molar-refractivity contribution is 0.0694. The van der Waals surface area contributed by atoms with E-state index in [1.165, 1.54) is 0 Å². The summed E-state index contributed by atoms with van der Waals surface area (Å²) in [6.45, 7) is 2.42. The largest absolute Gasteiger partial charge is 0.478 e. The van der Waals surface area contributed by atoms with Crippen molar-refractivity contribution >= 4 is 5.97 Å². The number of aromatic carboxylic acids is 1. The molecule has 3 aromatic rings. The zero-order valence-corrected chi connectivity index (χ0v) is 14.9. The summed E-state index contributed by atoms with van der Waals surface area (Å²) in [6, 6.07) is 7.21. The van der Waals surface area contributed by atoms with Crippen molar-refractivity contribution in [3.8, 4) is 11.5 Å². The van der Waals surface area contributed by atoms with Gasteiger partial charge in [-0.25, -0.2) is 14.8 Å². The first-order valence-electron chi connectivity index (χ1n) is 9.06. The summed E-state index contributed by atoms with van der Waals surface area (Å²) in [5, 5.41) is 9.40. The minimum Gasteiger partial charge on any atom is -0.478 e. The molecule has 1 atom stereocenters. The Labute approximate surface area is 157 Å². The van der Waals surface area contributed by atoms with Crippen LogP contribution in [0.3, 0.4) is 0 Å². The SMILES string of the molecule is O=C(O)c1ccccc1CN1CCCC(c2cncc(-c3ncc[nH]3)n2)C1. The smallest absolute Gasteiger partial charge is 0.336 e. The molecule has 1 saturated heterocycles. The van der Waals surface area contributed by atoms with Crippen LogP contribution in [0.5, 0.6) is 0 Å². The van der Waals surface area contributed by atoms with Gasteiger partial charge in [-0.05, 0) is 31.0 Å². The van der Waals surface area contributed by atoms with Gasteiger partial charge >= 0.3 is 5.97 Å². The number of benzene rings is 1. The number of nitrogens with zero attached hydrogens (tertiary/aromatic N) is 4. The van der Waals surface area contributed by atoms with E-state index in [-0.39, 0.29) is 5.92 Å². The van der Waals surface area contributed by atoms with Gasteiger partial charge < -0.3 is 10.1 Å². The first kappa shape index (κ1) is 17.4. The minimum absolute atomic E-state index is 0.276. The Morgan fingerprint density at radius 3 is 3.00 bits per heavy atom. The second kappa shape index (κ2) is 7.67. The van der Waals surface area contributed by atoms with Crippen LogP contribution in [0, 0.1) is 0 Å². The number of carboxylic acid groups (broad SMARTS) is 1. The molecule has 2 aromatic heterocycles. The molecule has 0 spiro atoms. The topological polar surface area (TPSA) is 95.0 Å².